The molecule has 0 fully saturated rings. The third-order valence-corrected chi connectivity index (χ3v) is 2.52. The number of hydrogen-bond donors (Lipinski definition) is 1. The Morgan fingerprint density at radius 2 is 2.40 bits per heavy atom. The van der Waals surface area contributed by atoms with E-state index >= 15 is 0 Å². The highest BCUT2D eigenvalue weighted by Gasteiger charge is 2.18. The van der Waals surface area contributed by atoms with Gasteiger partial charge in [0.15, 0.2) is 5.17 Å². The van der Waals surface area contributed by atoms with Gasteiger partial charge in [0.05, 0.1) is 11.2 Å². The van der Waals surface area contributed by atoms with Crippen LogP contribution in [0.3, 0.4) is 0 Å². The van der Waals surface area contributed by atoms with Crippen molar-refractivity contribution in [2.75, 3.05) is 0 Å². The second-order valence-electron chi connectivity index (χ2n) is 2.76. The van der Waals surface area contributed by atoms with E-state index in [0.29, 0.717) is 4.91 Å². The minimum absolute atomic E-state index is 0.289. The number of thioether (sulfide) groups is 1. The van der Waals surface area contributed by atoms with Crippen LogP contribution in [0.25, 0.3) is 6.08 Å². The fourth-order valence-corrected chi connectivity index (χ4v) is 1.69. The molecule has 1 aromatic heterocycles. The molecule has 0 aliphatic carbocycles. The van der Waals surface area contributed by atoms with E-state index in [1.165, 1.54) is 11.8 Å². The van der Waals surface area contributed by atoms with Gasteiger partial charge < -0.3 is 10.2 Å². The first-order chi connectivity index (χ1) is 7.25. The number of carbonyl (C=O) groups excluding carboxylic acids is 1. The Bertz CT molecular complexity index is 458. The van der Waals surface area contributed by atoms with Crippen molar-refractivity contribution in [3.63, 3.8) is 0 Å². The minimum Gasteiger partial charge on any atom is -0.465 e. The Kier molecular flexibility index (Phi) is 2.73. The predicted molar refractivity (Wildman–Crippen MR) is 60.0 cm³/mol. The molecule has 2 N–H and O–H groups in total. The summed E-state index contributed by atoms with van der Waals surface area (Å²) in [5.74, 6) is 0.442. The Morgan fingerprint density at radius 1 is 1.53 bits per heavy atom. The maximum Gasteiger partial charge on any atom is 0.286 e. The molecule has 76 valence electrons. The lowest BCUT2D eigenvalue weighted by Gasteiger charge is -1.87. The number of hydrogen-bond acceptors (Lipinski definition) is 4. The van der Waals surface area contributed by atoms with E-state index in [1.807, 2.05) is 6.07 Å². The van der Waals surface area contributed by atoms with Gasteiger partial charge in [0.2, 0.25) is 0 Å². The van der Waals surface area contributed by atoms with Gasteiger partial charge in [-0.05, 0) is 36.0 Å². The molecule has 0 aromatic carbocycles. The molecule has 0 bridgehead atoms. The molecule has 0 unspecified atom stereocenters. The number of nitrogens with zero attached hydrogens (tertiary/aromatic N) is 1. The number of rotatable bonds is 2. The normalized spacial score (nSPS) is 19.1. The van der Waals surface area contributed by atoms with Crippen molar-refractivity contribution in [1.29, 1.82) is 0 Å². The highest BCUT2D eigenvalue weighted by atomic mass is 32.2. The summed E-state index contributed by atoms with van der Waals surface area (Å²) in [6.07, 6.45) is 6.74. The van der Waals surface area contributed by atoms with Gasteiger partial charge in [-0.2, -0.15) is 4.99 Å². The van der Waals surface area contributed by atoms with E-state index in [1.54, 1.807) is 30.6 Å². The van der Waals surface area contributed by atoms with Gasteiger partial charge in [0, 0.05) is 0 Å². The lowest BCUT2D eigenvalue weighted by molar-refractivity contribution is -0.113. The Morgan fingerprint density at radius 3 is 3.00 bits per heavy atom. The van der Waals surface area contributed by atoms with Crippen molar-refractivity contribution < 1.29 is 9.21 Å². The Labute approximate surface area is 90.6 Å². The molecule has 1 amide bonds. The van der Waals surface area contributed by atoms with Crippen LogP contribution in [-0.4, -0.2) is 11.1 Å². The summed E-state index contributed by atoms with van der Waals surface area (Å²) in [5.41, 5.74) is 5.39. The van der Waals surface area contributed by atoms with E-state index in [2.05, 4.69) is 4.99 Å². The summed E-state index contributed by atoms with van der Waals surface area (Å²) in [6.45, 7) is 0. The van der Waals surface area contributed by atoms with Crippen LogP contribution in [0, 0.1) is 0 Å². The summed E-state index contributed by atoms with van der Waals surface area (Å²) in [4.78, 5) is 15.3. The van der Waals surface area contributed by atoms with Crippen molar-refractivity contribution in [3.05, 3.63) is 41.2 Å². The molecular formula is C10H8N2O2S. The average Bonchev–Trinajstić information content (AvgIpc) is 2.77. The van der Waals surface area contributed by atoms with Gasteiger partial charge in [-0.3, -0.25) is 4.79 Å². The molecule has 1 aromatic rings. The summed E-state index contributed by atoms with van der Waals surface area (Å²) >= 11 is 1.17. The smallest absolute Gasteiger partial charge is 0.286 e. The van der Waals surface area contributed by atoms with Crippen LogP contribution >= 0.6 is 11.8 Å². The fraction of sp³-hybridized carbons (Fsp3) is 0. The molecule has 2 rings (SSSR count). The van der Waals surface area contributed by atoms with E-state index in [-0.39, 0.29) is 11.1 Å². The highest BCUT2D eigenvalue weighted by Crippen LogP contribution is 2.23. The zero-order chi connectivity index (χ0) is 10.7. The number of furan rings is 1. The van der Waals surface area contributed by atoms with Crippen molar-refractivity contribution in [3.8, 4) is 0 Å². The van der Waals surface area contributed by atoms with Crippen LogP contribution in [-0.2, 0) is 4.79 Å². The first-order valence-electron chi connectivity index (χ1n) is 4.24. The second kappa shape index (κ2) is 4.18. The number of allylic oxidation sites excluding steroid dienone is 2. The molecule has 0 atom stereocenters. The fourth-order valence-electron chi connectivity index (χ4n) is 1.06. The topological polar surface area (TPSA) is 68.6 Å². The Balaban J connectivity index is 2.04. The molecule has 0 radical (unpaired) electrons. The molecule has 0 saturated heterocycles. The molecule has 5 heteroatoms. The Hall–Kier alpha value is -1.75. The average molecular weight is 220 g/mol. The van der Waals surface area contributed by atoms with Gasteiger partial charge >= 0.3 is 0 Å². The van der Waals surface area contributed by atoms with E-state index in [0.717, 1.165) is 5.76 Å². The number of carbonyl (C=O) groups is 1. The van der Waals surface area contributed by atoms with Crippen molar-refractivity contribution in [2.45, 2.75) is 0 Å². The van der Waals surface area contributed by atoms with Crippen LogP contribution in [0.15, 0.2) is 44.9 Å². The summed E-state index contributed by atoms with van der Waals surface area (Å²) < 4.78 is 5.09. The number of amidine groups is 1. The predicted octanol–water partition coefficient (Wildman–Crippen LogP) is 1.76. The van der Waals surface area contributed by atoms with Crippen molar-refractivity contribution in [1.82, 2.24) is 0 Å². The van der Waals surface area contributed by atoms with Crippen LogP contribution in [0.5, 0.6) is 0 Å². The number of nitrogens with two attached hydrogens (primary N) is 1. The molecule has 0 spiro atoms. The molecule has 2 heterocycles. The third-order valence-electron chi connectivity index (χ3n) is 1.69. The molecule has 4 nitrogen and oxygen atoms in total. The first-order valence-corrected chi connectivity index (χ1v) is 5.05. The van der Waals surface area contributed by atoms with E-state index < -0.39 is 0 Å². The first kappa shape index (κ1) is 9.79. The van der Waals surface area contributed by atoms with Crippen LogP contribution in [0.4, 0.5) is 0 Å². The van der Waals surface area contributed by atoms with Crippen molar-refractivity contribution in [2.24, 2.45) is 10.7 Å². The molecule has 1 aliphatic heterocycles. The highest BCUT2D eigenvalue weighted by molar-refractivity contribution is 8.18. The summed E-state index contributed by atoms with van der Waals surface area (Å²) in [5, 5.41) is 0.289. The molecule has 15 heavy (non-hydrogen) atoms. The lowest BCUT2D eigenvalue weighted by atomic mass is 10.3. The maximum absolute atomic E-state index is 11.2. The van der Waals surface area contributed by atoms with Crippen LogP contribution in [0.2, 0.25) is 0 Å². The van der Waals surface area contributed by atoms with Gasteiger partial charge in [0.1, 0.15) is 5.76 Å². The van der Waals surface area contributed by atoms with Gasteiger partial charge in [-0.15, -0.1) is 0 Å². The largest absolute Gasteiger partial charge is 0.465 e. The van der Waals surface area contributed by atoms with E-state index in [4.69, 9.17) is 10.2 Å². The summed E-state index contributed by atoms with van der Waals surface area (Å²) in [7, 11) is 0. The minimum atomic E-state index is -0.290. The lowest BCUT2D eigenvalue weighted by Crippen LogP contribution is -2.01. The van der Waals surface area contributed by atoms with Gasteiger partial charge in [-0.1, -0.05) is 6.08 Å². The van der Waals surface area contributed by atoms with Gasteiger partial charge in [0.25, 0.3) is 5.91 Å². The SMILES string of the molecule is NC1=NC(=O)C(=CC=Cc2ccco2)S1. The van der Waals surface area contributed by atoms with Crippen molar-refractivity contribution >= 4 is 28.9 Å². The molecule has 1 aliphatic rings. The molecular weight excluding hydrogens is 212 g/mol. The van der Waals surface area contributed by atoms with Crippen LogP contribution < -0.4 is 5.73 Å². The summed E-state index contributed by atoms with van der Waals surface area (Å²) in [6, 6.07) is 3.62. The standard InChI is InChI=1S/C10H8N2O2S/c11-10-12-9(13)8(15-10)5-1-3-7-4-2-6-14-7/h1-6H,(H2,11,12,13). The van der Waals surface area contributed by atoms with E-state index in [9.17, 15) is 4.79 Å². The monoisotopic (exact) mass is 220 g/mol. The number of aliphatic imine (C=N–C) groups is 1. The quantitative estimate of drug-likeness (QED) is 0.771. The third kappa shape index (κ3) is 2.38. The maximum atomic E-state index is 11.2. The zero-order valence-corrected chi connectivity index (χ0v) is 8.53. The zero-order valence-electron chi connectivity index (χ0n) is 7.71. The van der Waals surface area contributed by atoms with Gasteiger partial charge in [-0.25, -0.2) is 0 Å². The number of amides is 1. The second-order valence-corrected chi connectivity index (χ2v) is 3.82. The molecule has 0 saturated carbocycles. The van der Waals surface area contributed by atoms with Crippen LogP contribution in [0.1, 0.15) is 5.76 Å².